The molecule has 0 atom stereocenters. The van der Waals surface area contributed by atoms with Crippen LogP contribution in [-0.4, -0.2) is 21.7 Å². The largest absolute Gasteiger partial charge is 0.490 e. The fraction of sp³-hybridized carbons (Fsp3) is 0. The Balaban J connectivity index is 1.73. The van der Waals surface area contributed by atoms with Gasteiger partial charge in [0.1, 0.15) is 0 Å². The summed E-state index contributed by atoms with van der Waals surface area (Å²) in [6, 6.07) is 33.0. The summed E-state index contributed by atoms with van der Waals surface area (Å²) in [6.07, 6.45) is 0. The number of hydrogen-bond donors (Lipinski definition) is 2. The highest BCUT2D eigenvalue weighted by Crippen LogP contribution is 2.33. The summed E-state index contributed by atoms with van der Waals surface area (Å²) < 4.78 is 2.13. The monoisotopic (exact) mass is 387 g/mol. The maximum atomic E-state index is 10.1. The smallest absolute Gasteiger partial charge is 0.423 e. The van der Waals surface area contributed by atoms with Crippen LogP contribution in [0.4, 0.5) is 0 Å². The number of hydrogen-bond acceptors (Lipinski definition) is 2. The van der Waals surface area contributed by atoms with E-state index in [1.165, 1.54) is 16.2 Å². The van der Waals surface area contributed by atoms with Gasteiger partial charge in [-0.3, -0.25) is 0 Å². The predicted octanol–water partition coefficient (Wildman–Crippen LogP) is 4.77. The van der Waals surface area contributed by atoms with Gasteiger partial charge in [-0.2, -0.15) is 0 Å². The molecule has 142 valence electrons. The van der Waals surface area contributed by atoms with Crippen LogP contribution in [0.15, 0.2) is 97.1 Å². The van der Waals surface area contributed by atoms with Gasteiger partial charge in [0.25, 0.3) is 0 Å². The van der Waals surface area contributed by atoms with Crippen LogP contribution in [0.1, 0.15) is 0 Å². The highest BCUT2D eigenvalue weighted by atomic mass is 16.4. The molecule has 0 unspecified atom stereocenters. The maximum absolute atomic E-state index is 10.1. The Labute approximate surface area is 173 Å². The molecular weight excluding hydrogens is 369 g/mol. The first-order valence-electron chi connectivity index (χ1n) is 10.0. The molecule has 0 aliphatic heterocycles. The van der Waals surface area contributed by atoms with E-state index in [4.69, 9.17) is 0 Å². The van der Waals surface area contributed by atoms with Gasteiger partial charge in [-0.15, -0.1) is 0 Å². The Morgan fingerprint density at radius 1 is 0.567 bits per heavy atom. The SMILES string of the molecule is OB(O)c1cccc2c3ccccc3n(-c3ccc4c(ccc5ccccc54)c3)c12. The summed E-state index contributed by atoms with van der Waals surface area (Å²) in [5.74, 6) is 0. The van der Waals surface area contributed by atoms with Crippen molar-refractivity contribution >= 4 is 55.9 Å². The average Bonchev–Trinajstić information content (AvgIpc) is 3.13. The number of fused-ring (bicyclic) bond motifs is 6. The van der Waals surface area contributed by atoms with Crippen LogP contribution in [0.5, 0.6) is 0 Å². The normalized spacial score (nSPS) is 11.7. The van der Waals surface area contributed by atoms with E-state index >= 15 is 0 Å². The zero-order valence-electron chi connectivity index (χ0n) is 16.2. The van der Waals surface area contributed by atoms with Crippen LogP contribution >= 0.6 is 0 Å². The van der Waals surface area contributed by atoms with Crippen molar-refractivity contribution in [2.24, 2.45) is 0 Å². The lowest BCUT2D eigenvalue weighted by molar-refractivity contribution is 0.426. The Morgan fingerprint density at radius 3 is 2.13 bits per heavy atom. The third kappa shape index (κ3) is 2.41. The first kappa shape index (κ1) is 17.3. The van der Waals surface area contributed by atoms with Crippen molar-refractivity contribution in [3.05, 3.63) is 97.1 Å². The van der Waals surface area contributed by atoms with E-state index in [1.807, 2.05) is 24.3 Å². The molecule has 0 aliphatic rings. The summed E-state index contributed by atoms with van der Waals surface area (Å²) in [4.78, 5) is 0. The Bertz CT molecular complexity index is 1580. The molecule has 4 heteroatoms. The van der Waals surface area contributed by atoms with Gasteiger partial charge in [0.05, 0.1) is 11.0 Å². The van der Waals surface area contributed by atoms with Gasteiger partial charge < -0.3 is 14.6 Å². The molecule has 1 heterocycles. The van der Waals surface area contributed by atoms with Gasteiger partial charge in [0.2, 0.25) is 0 Å². The Kier molecular flexibility index (Phi) is 3.72. The molecule has 0 aliphatic carbocycles. The molecule has 6 aromatic rings. The minimum absolute atomic E-state index is 0.502. The molecule has 0 amide bonds. The van der Waals surface area contributed by atoms with Crippen molar-refractivity contribution in [1.29, 1.82) is 0 Å². The molecule has 0 saturated heterocycles. The van der Waals surface area contributed by atoms with Crippen molar-refractivity contribution in [3.8, 4) is 5.69 Å². The molecule has 0 bridgehead atoms. The molecule has 0 radical (unpaired) electrons. The molecule has 30 heavy (non-hydrogen) atoms. The van der Waals surface area contributed by atoms with E-state index in [-0.39, 0.29) is 0 Å². The van der Waals surface area contributed by atoms with Crippen LogP contribution < -0.4 is 5.46 Å². The molecule has 6 rings (SSSR count). The molecule has 0 spiro atoms. The summed E-state index contributed by atoms with van der Waals surface area (Å²) in [6.45, 7) is 0. The molecule has 3 nitrogen and oxygen atoms in total. The van der Waals surface area contributed by atoms with E-state index < -0.39 is 7.12 Å². The zero-order valence-corrected chi connectivity index (χ0v) is 16.2. The third-order valence-corrected chi connectivity index (χ3v) is 5.99. The van der Waals surface area contributed by atoms with E-state index in [2.05, 4.69) is 71.3 Å². The summed E-state index contributed by atoms with van der Waals surface area (Å²) in [5, 5.41) is 27.0. The van der Waals surface area contributed by atoms with Crippen LogP contribution in [0.25, 0.3) is 49.0 Å². The maximum Gasteiger partial charge on any atom is 0.490 e. The molecule has 0 fully saturated rings. The molecule has 2 N–H and O–H groups in total. The van der Waals surface area contributed by atoms with Crippen molar-refractivity contribution in [2.75, 3.05) is 0 Å². The van der Waals surface area contributed by atoms with E-state index in [0.717, 1.165) is 32.9 Å². The lowest BCUT2D eigenvalue weighted by Gasteiger charge is -2.13. The van der Waals surface area contributed by atoms with Crippen LogP contribution in [0.3, 0.4) is 0 Å². The van der Waals surface area contributed by atoms with E-state index in [0.29, 0.717) is 5.46 Å². The van der Waals surface area contributed by atoms with Crippen molar-refractivity contribution < 1.29 is 10.0 Å². The first-order valence-corrected chi connectivity index (χ1v) is 10.0. The molecule has 0 saturated carbocycles. The van der Waals surface area contributed by atoms with Gasteiger partial charge >= 0.3 is 7.12 Å². The van der Waals surface area contributed by atoms with Gasteiger partial charge in [0, 0.05) is 21.9 Å². The fourth-order valence-corrected chi connectivity index (χ4v) is 4.66. The Morgan fingerprint density at radius 2 is 1.27 bits per heavy atom. The first-order chi connectivity index (χ1) is 14.7. The number of aromatic nitrogens is 1. The zero-order chi connectivity index (χ0) is 20.2. The quantitative estimate of drug-likeness (QED) is 0.332. The lowest BCUT2D eigenvalue weighted by Crippen LogP contribution is -2.31. The number of benzene rings is 5. The van der Waals surface area contributed by atoms with Crippen molar-refractivity contribution in [1.82, 2.24) is 4.57 Å². The fourth-order valence-electron chi connectivity index (χ4n) is 4.66. The average molecular weight is 387 g/mol. The van der Waals surface area contributed by atoms with Gasteiger partial charge in [0.15, 0.2) is 0 Å². The van der Waals surface area contributed by atoms with Crippen LogP contribution in [0.2, 0.25) is 0 Å². The minimum Gasteiger partial charge on any atom is -0.423 e. The van der Waals surface area contributed by atoms with Gasteiger partial charge in [-0.05, 0) is 39.7 Å². The predicted molar refractivity (Wildman–Crippen MR) is 126 cm³/mol. The van der Waals surface area contributed by atoms with Gasteiger partial charge in [-0.1, -0.05) is 78.9 Å². The lowest BCUT2D eigenvalue weighted by atomic mass is 9.79. The Hall–Kier alpha value is -3.60. The molecular formula is C26H18BNO2. The number of rotatable bonds is 2. The minimum atomic E-state index is -1.54. The van der Waals surface area contributed by atoms with Crippen molar-refractivity contribution in [2.45, 2.75) is 0 Å². The highest BCUT2D eigenvalue weighted by Gasteiger charge is 2.21. The second kappa shape index (κ2) is 6.46. The standard InChI is InChI=1S/C26H18BNO2/c29-27(30)24-10-5-9-23-22-8-3-4-11-25(22)28(26(23)24)19-14-15-21-18(16-19)13-12-17-6-1-2-7-20(17)21/h1-16,29-30H. The number of para-hydroxylation sites is 2. The summed E-state index contributed by atoms with van der Waals surface area (Å²) in [7, 11) is -1.54. The molecule has 5 aromatic carbocycles. The van der Waals surface area contributed by atoms with Crippen molar-refractivity contribution in [3.63, 3.8) is 0 Å². The summed E-state index contributed by atoms with van der Waals surface area (Å²) in [5.41, 5.74) is 3.37. The number of nitrogens with zero attached hydrogens (tertiary/aromatic N) is 1. The van der Waals surface area contributed by atoms with Gasteiger partial charge in [-0.25, -0.2) is 0 Å². The second-order valence-electron chi connectivity index (χ2n) is 7.66. The highest BCUT2D eigenvalue weighted by molar-refractivity contribution is 6.62. The second-order valence-corrected chi connectivity index (χ2v) is 7.66. The summed E-state index contributed by atoms with van der Waals surface area (Å²) >= 11 is 0. The van der Waals surface area contributed by atoms with E-state index in [1.54, 1.807) is 6.07 Å². The molecule has 1 aromatic heterocycles. The topological polar surface area (TPSA) is 45.4 Å². The van der Waals surface area contributed by atoms with Crippen LogP contribution in [0, 0.1) is 0 Å². The van der Waals surface area contributed by atoms with Crippen LogP contribution in [-0.2, 0) is 0 Å². The van der Waals surface area contributed by atoms with E-state index in [9.17, 15) is 10.0 Å². The third-order valence-electron chi connectivity index (χ3n) is 5.99.